The molecule has 1 fully saturated rings. The fraction of sp³-hybridized carbons (Fsp3) is 0.235. The van der Waals surface area contributed by atoms with Gasteiger partial charge in [0.05, 0.1) is 10.6 Å². The highest BCUT2D eigenvalue weighted by molar-refractivity contribution is 6.33. The summed E-state index contributed by atoms with van der Waals surface area (Å²) in [5, 5.41) is 3.40. The minimum absolute atomic E-state index is 0.0972. The lowest BCUT2D eigenvalue weighted by Gasteiger charge is -2.16. The first kappa shape index (κ1) is 15.0. The second-order valence-corrected chi connectivity index (χ2v) is 6.07. The van der Waals surface area contributed by atoms with E-state index in [9.17, 15) is 4.79 Å². The van der Waals surface area contributed by atoms with Crippen LogP contribution < -0.4 is 5.32 Å². The van der Waals surface area contributed by atoms with E-state index < -0.39 is 0 Å². The monoisotopic (exact) mass is 342 g/mol. The van der Waals surface area contributed by atoms with E-state index in [0.717, 1.165) is 25.9 Å². The fourth-order valence-electron chi connectivity index (χ4n) is 2.77. The van der Waals surface area contributed by atoms with Gasteiger partial charge in [0.2, 0.25) is 5.89 Å². The third kappa shape index (κ3) is 2.80. The number of rotatable bonds is 2. The molecule has 0 unspecified atom stereocenters. The number of likely N-dealkylation sites (tertiary alicyclic amines) is 1. The highest BCUT2D eigenvalue weighted by atomic mass is 35.5. The van der Waals surface area contributed by atoms with Gasteiger partial charge in [-0.1, -0.05) is 11.6 Å². The molecule has 1 aromatic carbocycles. The number of urea groups is 1. The molecule has 0 spiro atoms. The lowest BCUT2D eigenvalue weighted by atomic mass is 10.2. The van der Waals surface area contributed by atoms with E-state index in [0.29, 0.717) is 33.4 Å². The van der Waals surface area contributed by atoms with Crippen LogP contribution in [0.25, 0.3) is 22.7 Å². The predicted molar refractivity (Wildman–Crippen MR) is 92.1 cm³/mol. The van der Waals surface area contributed by atoms with Crippen LogP contribution in [0.2, 0.25) is 5.02 Å². The summed E-state index contributed by atoms with van der Waals surface area (Å²) in [6.07, 6.45) is 3.76. The second kappa shape index (κ2) is 6.13. The second-order valence-electron chi connectivity index (χ2n) is 5.66. The highest BCUT2D eigenvalue weighted by Gasteiger charge is 2.19. The zero-order valence-corrected chi connectivity index (χ0v) is 13.6. The van der Waals surface area contributed by atoms with Crippen molar-refractivity contribution in [2.45, 2.75) is 12.8 Å². The van der Waals surface area contributed by atoms with Crippen molar-refractivity contribution >= 4 is 34.5 Å². The van der Waals surface area contributed by atoms with Gasteiger partial charge in [0.15, 0.2) is 11.2 Å². The SMILES string of the molecule is O=C(Nc1ccc(Cl)c(-c2nc3ncccc3o2)c1)N1CCCC1. The van der Waals surface area contributed by atoms with Crippen molar-refractivity contribution in [3.05, 3.63) is 41.6 Å². The molecule has 24 heavy (non-hydrogen) atoms. The Labute approximate surface area is 143 Å². The molecule has 2 aromatic heterocycles. The number of aromatic nitrogens is 2. The number of carbonyl (C=O) groups is 1. The molecular formula is C17H15ClN4O2. The number of anilines is 1. The maximum absolute atomic E-state index is 12.2. The highest BCUT2D eigenvalue weighted by Crippen LogP contribution is 2.32. The maximum Gasteiger partial charge on any atom is 0.321 e. The Morgan fingerprint density at radius 2 is 2.08 bits per heavy atom. The Hall–Kier alpha value is -2.60. The van der Waals surface area contributed by atoms with Crippen LogP contribution in [0.1, 0.15) is 12.8 Å². The summed E-state index contributed by atoms with van der Waals surface area (Å²) in [7, 11) is 0. The molecule has 122 valence electrons. The molecule has 3 heterocycles. The van der Waals surface area contributed by atoms with E-state index in [1.165, 1.54) is 0 Å². The summed E-state index contributed by atoms with van der Waals surface area (Å²) in [5.41, 5.74) is 2.39. The Kier molecular flexibility index (Phi) is 3.82. The standard InChI is InChI=1S/C17H15ClN4O2/c18-13-6-5-11(20-17(23)22-8-1-2-9-22)10-12(13)16-21-15-14(24-16)4-3-7-19-15/h3-7,10H,1-2,8-9H2,(H,20,23). The fourth-order valence-corrected chi connectivity index (χ4v) is 2.97. The molecule has 4 rings (SSSR count). The van der Waals surface area contributed by atoms with Crippen LogP contribution in [0.15, 0.2) is 40.9 Å². The lowest BCUT2D eigenvalue weighted by molar-refractivity contribution is 0.222. The Morgan fingerprint density at radius 1 is 1.25 bits per heavy atom. The number of oxazole rings is 1. The molecule has 1 N–H and O–H groups in total. The van der Waals surface area contributed by atoms with E-state index in [1.54, 1.807) is 41.4 Å². The number of pyridine rings is 1. The van der Waals surface area contributed by atoms with Crippen molar-refractivity contribution in [1.29, 1.82) is 0 Å². The van der Waals surface area contributed by atoms with Crippen molar-refractivity contribution in [3.8, 4) is 11.5 Å². The van der Waals surface area contributed by atoms with Gasteiger partial charge in [0.1, 0.15) is 0 Å². The van der Waals surface area contributed by atoms with Gasteiger partial charge < -0.3 is 14.6 Å². The average molecular weight is 343 g/mol. The van der Waals surface area contributed by atoms with E-state index in [2.05, 4.69) is 15.3 Å². The van der Waals surface area contributed by atoms with Gasteiger partial charge in [-0.05, 0) is 43.2 Å². The largest absolute Gasteiger partial charge is 0.434 e. The van der Waals surface area contributed by atoms with Crippen molar-refractivity contribution in [3.63, 3.8) is 0 Å². The lowest BCUT2D eigenvalue weighted by Crippen LogP contribution is -2.32. The van der Waals surface area contributed by atoms with Crippen LogP contribution in [0, 0.1) is 0 Å². The number of halogens is 1. The minimum Gasteiger partial charge on any atom is -0.434 e. The Bertz CT molecular complexity index is 869. The molecule has 1 aliphatic heterocycles. The minimum atomic E-state index is -0.0972. The summed E-state index contributed by atoms with van der Waals surface area (Å²) >= 11 is 6.28. The first-order valence-corrected chi connectivity index (χ1v) is 8.16. The molecule has 6 nitrogen and oxygen atoms in total. The van der Waals surface area contributed by atoms with Crippen LogP contribution >= 0.6 is 11.6 Å². The maximum atomic E-state index is 12.2. The topological polar surface area (TPSA) is 71.3 Å². The van der Waals surface area contributed by atoms with Gasteiger partial charge in [-0.3, -0.25) is 0 Å². The van der Waals surface area contributed by atoms with Crippen molar-refractivity contribution in [2.24, 2.45) is 0 Å². The van der Waals surface area contributed by atoms with Gasteiger partial charge in [-0.25, -0.2) is 9.78 Å². The van der Waals surface area contributed by atoms with Crippen molar-refractivity contribution in [2.75, 3.05) is 18.4 Å². The Balaban J connectivity index is 1.64. The van der Waals surface area contributed by atoms with Gasteiger partial charge in [0.25, 0.3) is 0 Å². The third-order valence-corrected chi connectivity index (χ3v) is 4.34. The molecule has 2 amide bonds. The predicted octanol–water partition coefficient (Wildman–Crippen LogP) is 4.17. The number of hydrogen-bond acceptors (Lipinski definition) is 4. The molecule has 0 bridgehead atoms. The average Bonchev–Trinajstić information content (AvgIpc) is 3.25. The summed E-state index contributed by atoms with van der Waals surface area (Å²) in [4.78, 5) is 22.5. The Morgan fingerprint density at radius 3 is 2.88 bits per heavy atom. The quantitative estimate of drug-likeness (QED) is 0.758. The van der Waals surface area contributed by atoms with E-state index in [4.69, 9.17) is 16.0 Å². The van der Waals surface area contributed by atoms with E-state index in [1.807, 2.05) is 0 Å². The molecular weight excluding hydrogens is 328 g/mol. The third-order valence-electron chi connectivity index (χ3n) is 4.01. The summed E-state index contributed by atoms with van der Waals surface area (Å²) < 4.78 is 5.71. The summed E-state index contributed by atoms with van der Waals surface area (Å²) in [5.74, 6) is 0.381. The number of nitrogens with zero attached hydrogens (tertiary/aromatic N) is 3. The molecule has 7 heteroatoms. The zero-order chi connectivity index (χ0) is 16.5. The number of carbonyl (C=O) groups excluding carboxylic acids is 1. The van der Waals surface area contributed by atoms with E-state index in [-0.39, 0.29) is 6.03 Å². The van der Waals surface area contributed by atoms with Crippen LogP contribution in [-0.4, -0.2) is 34.0 Å². The number of hydrogen-bond donors (Lipinski definition) is 1. The summed E-state index contributed by atoms with van der Waals surface area (Å²) in [6, 6.07) is 8.73. The number of fused-ring (bicyclic) bond motifs is 1. The molecule has 1 saturated heterocycles. The van der Waals surface area contributed by atoms with Crippen molar-refractivity contribution in [1.82, 2.24) is 14.9 Å². The van der Waals surface area contributed by atoms with Gasteiger partial charge in [-0.15, -0.1) is 0 Å². The van der Waals surface area contributed by atoms with Crippen LogP contribution in [0.3, 0.4) is 0 Å². The molecule has 1 aliphatic rings. The number of benzene rings is 1. The smallest absolute Gasteiger partial charge is 0.321 e. The van der Waals surface area contributed by atoms with Crippen molar-refractivity contribution < 1.29 is 9.21 Å². The van der Waals surface area contributed by atoms with Gasteiger partial charge in [-0.2, -0.15) is 4.98 Å². The van der Waals surface area contributed by atoms with Crippen LogP contribution in [-0.2, 0) is 0 Å². The molecule has 0 radical (unpaired) electrons. The van der Waals surface area contributed by atoms with Gasteiger partial charge in [0, 0.05) is 25.0 Å². The summed E-state index contributed by atoms with van der Waals surface area (Å²) in [6.45, 7) is 1.59. The first-order valence-electron chi connectivity index (χ1n) is 7.78. The molecule has 0 aliphatic carbocycles. The first-order chi connectivity index (χ1) is 11.7. The molecule has 0 atom stereocenters. The van der Waals surface area contributed by atoms with Crippen LogP contribution in [0.5, 0.6) is 0 Å². The number of nitrogens with one attached hydrogen (secondary N) is 1. The molecule has 0 saturated carbocycles. The van der Waals surface area contributed by atoms with Crippen LogP contribution in [0.4, 0.5) is 10.5 Å². The molecule has 3 aromatic rings. The zero-order valence-electron chi connectivity index (χ0n) is 12.8. The normalized spacial score (nSPS) is 14.3. The van der Waals surface area contributed by atoms with E-state index >= 15 is 0 Å². The van der Waals surface area contributed by atoms with Gasteiger partial charge >= 0.3 is 6.03 Å². The number of amides is 2.